The molecular weight excluding hydrogens is 414 g/mol. The van der Waals surface area contributed by atoms with Crippen LogP contribution in [0.2, 0.25) is 0 Å². The lowest BCUT2D eigenvalue weighted by Gasteiger charge is -2.27. The van der Waals surface area contributed by atoms with E-state index in [9.17, 15) is 4.79 Å². The normalized spacial score (nSPS) is 19.8. The molecule has 1 aliphatic carbocycles. The lowest BCUT2D eigenvalue weighted by molar-refractivity contribution is 0.0703. The Morgan fingerprint density at radius 3 is 2.85 bits per heavy atom. The summed E-state index contributed by atoms with van der Waals surface area (Å²) in [5.74, 6) is 2.29. The number of nitrogens with zero attached hydrogens (tertiary/aromatic N) is 5. The SMILES string of the molecule is CCCn1c(-c2nc3cc(C(=O)N4C[C@@H]5CC[C@H]4C5)cc(OC)c3n2C)cc2cccnc21. The van der Waals surface area contributed by atoms with E-state index >= 15 is 0 Å². The second kappa shape index (κ2) is 7.61. The number of piperidine rings is 1. The summed E-state index contributed by atoms with van der Waals surface area (Å²) in [7, 11) is 3.67. The van der Waals surface area contributed by atoms with Crippen molar-refractivity contribution in [2.45, 2.75) is 45.2 Å². The maximum atomic E-state index is 13.4. The summed E-state index contributed by atoms with van der Waals surface area (Å²) in [4.78, 5) is 25.1. The number of imidazole rings is 1. The number of fused-ring (bicyclic) bond motifs is 4. The van der Waals surface area contributed by atoms with Gasteiger partial charge in [0.1, 0.15) is 16.9 Å². The van der Waals surface area contributed by atoms with Gasteiger partial charge in [-0.15, -0.1) is 0 Å². The van der Waals surface area contributed by atoms with Crippen LogP contribution in [0.25, 0.3) is 33.6 Å². The van der Waals surface area contributed by atoms with Gasteiger partial charge in [-0.3, -0.25) is 4.79 Å². The predicted octanol–water partition coefficient (Wildman–Crippen LogP) is 4.63. The lowest BCUT2D eigenvalue weighted by atomic mass is 10.1. The van der Waals surface area contributed by atoms with Crippen molar-refractivity contribution in [3.05, 3.63) is 42.1 Å². The van der Waals surface area contributed by atoms with Crippen molar-refractivity contribution < 1.29 is 9.53 Å². The van der Waals surface area contributed by atoms with Crippen molar-refractivity contribution in [3.8, 4) is 17.3 Å². The topological polar surface area (TPSA) is 65.2 Å². The van der Waals surface area contributed by atoms with Gasteiger partial charge in [-0.25, -0.2) is 9.97 Å². The molecule has 2 bridgehead atoms. The minimum atomic E-state index is 0.0962. The highest BCUT2D eigenvalue weighted by molar-refractivity contribution is 6.00. The Bertz CT molecular complexity index is 1380. The summed E-state index contributed by atoms with van der Waals surface area (Å²) in [5.41, 5.74) is 4.32. The molecule has 33 heavy (non-hydrogen) atoms. The van der Waals surface area contributed by atoms with Gasteiger partial charge >= 0.3 is 0 Å². The summed E-state index contributed by atoms with van der Waals surface area (Å²) < 4.78 is 10.1. The lowest BCUT2D eigenvalue weighted by Crippen LogP contribution is -2.37. The molecule has 7 heteroatoms. The van der Waals surface area contributed by atoms with Crippen LogP contribution in [0.3, 0.4) is 0 Å². The van der Waals surface area contributed by atoms with E-state index in [2.05, 4.69) is 38.1 Å². The van der Waals surface area contributed by atoms with Crippen molar-refractivity contribution >= 4 is 28.0 Å². The Morgan fingerprint density at radius 1 is 1.24 bits per heavy atom. The van der Waals surface area contributed by atoms with Crippen LogP contribution in [0, 0.1) is 5.92 Å². The van der Waals surface area contributed by atoms with E-state index in [1.54, 1.807) is 7.11 Å². The Morgan fingerprint density at radius 2 is 2.12 bits per heavy atom. The van der Waals surface area contributed by atoms with Gasteiger partial charge in [0.05, 0.1) is 18.3 Å². The van der Waals surface area contributed by atoms with E-state index in [0.29, 0.717) is 23.3 Å². The average molecular weight is 444 g/mol. The number of hydrogen-bond acceptors (Lipinski definition) is 4. The number of pyridine rings is 1. The Balaban J connectivity index is 1.49. The van der Waals surface area contributed by atoms with Gasteiger partial charge in [-0.1, -0.05) is 6.92 Å². The van der Waals surface area contributed by atoms with Crippen LogP contribution in [0.15, 0.2) is 36.5 Å². The van der Waals surface area contributed by atoms with Crippen LogP contribution in [-0.2, 0) is 13.6 Å². The average Bonchev–Trinajstić information content (AvgIpc) is 3.61. The molecule has 0 spiro atoms. The van der Waals surface area contributed by atoms with E-state index in [1.807, 2.05) is 31.4 Å². The third kappa shape index (κ3) is 3.05. The van der Waals surface area contributed by atoms with Crippen LogP contribution >= 0.6 is 0 Å². The maximum Gasteiger partial charge on any atom is 0.254 e. The number of carbonyl (C=O) groups excluding carboxylic acids is 1. The maximum absolute atomic E-state index is 13.4. The quantitative estimate of drug-likeness (QED) is 0.451. The number of amides is 1. The van der Waals surface area contributed by atoms with Gasteiger partial charge in [0.25, 0.3) is 5.91 Å². The molecule has 4 aromatic rings. The molecule has 1 amide bonds. The van der Waals surface area contributed by atoms with Crippen LogP contribution in [0.4, 0.5) is 0 Å². The molecular formula is C26H29N5O2. The van der Waals surface area contributed by atoms with E-state index in [1.165, 1.54) is 6.42 Å². The van der Waals surface area contributed by atoms with Crippen LogP contribution in [0.5, 0.6) is 5.75 Å². The molecule has 0 N–H and O–H groups in total. The number of rotatable bonds is 5. The zero-order valence-electron chi connectivity index (χ0n) is 19.4. The molecule has 1 aliphatic heterocycles. The summed E-state index contributed by atoms with van der Waals surface area (Å²) in [5, 5.41) is 1.10. The summed E-state index contributed by atoms with van der Waals surface area (Å²) >= 11 is 0. The second-order valence-corrected chi connectivity index (χ2v) is 9.43. The van der Waals surface area contributed by atoms with Crippen molar-refractivity contribution in [3.63, 3.8) is 0 Å². The summed E-state index contributed by atoms with van der Waals surface area (Å²) in [6.07, 6.45) is 6.35. The fourth-order valence-corrected chi connectivity index (χ4v) is 5.88. The number of methoxy groups -OCH3 is 1. The molecule has 4 heterocycles. The van der Waals surface area contributed by atoms with Crippen LogP contribution < -0.4 is 4.74 Å². The molecule has 2 aliphatic rings. The third-order valence-electron chi connectivity index (χ3n) is 7.40. The Hall–Kier alpha value is -3.35. The predicted molar refractivity (Wildman–Crippen MR) is 128 cm³/mol. The fraction of sp³-hybridized carbons (Fsp3) is 0.423. The molecule has 170 valence electrons. The van der Waals surface area contributed by atoms with Gasteiger partial charge in [-0.05, 0) is 61.9 Å². The second-order valence-electron chi connectivity index (χ2n) is 9.43. The van der Waals surface area contributed by atoms with E-state index in [4.69, 9.17) is 9.72 Å². The van der Waals surface area contributed by atoms with Crippen molar-refractivity contribution in [2.24, 2.45) is 13.0 Å². The molecule has 0 unspecified atom stereocenters. The number of likely N-dealkylation sites (tertiary alicyclic amines) is 1. The molecule has 0 radical (unpaired) electrons. The number of carbonyl (C=O) groups is 1. The van der Waals surface area contributed by atoms with Crippen molar-refractivity contribution in [1.29, 1.82) is 0 Å². The zero-order chi connectivity index (χ0) is 22.7. The Kier molecular flexibility index (Phi) is 4.67. The first-order valence-corrected chi connectivity index (χ1v) is 11.9. The largest absolute Gasteiger partial charge is 0.494 e. The van der Waals surface area contributed by atoms with Gasteiger partial charge in [0.2, 0.25) is 0 Å². The summed E-state index contributed by atoms with van der Waals surface area (Å²) in [6, 6.07) is 10.4. The molecule has 1 saturated heterocycles. The van der Waals surface area contributed by atoms with Crippen molar-refractivity contribution in [2.75, 3.05) is 13.7 Å². The first-order valence-electron chi connectivity index (χ1n) is 11.9. The molecule has 3 aromatic heterocycles. The third-order valence-corrected chi connectivity index (χ3v) is 7.40. The highest BCUT2D eigenvalue weighted by Gasteiger charge is 2.40. The number of hydrogen-bond donors (Lipinski definition) is 0. The Labute approximate surface area is 193 Å². The first kappa shape index (κ1) is 20.3. The molecule has 1 saturated carbocycles. The van der Waals surface area contributed by atoms with Crippen molar-refractivity contribution in [1.82, 2.24) is 24.0 Å². The molecule has 1 aromatic carbocycles. The monoisotopic (exact) mass is 443 g/mol. The highest BCUT2D eigenvalue weighted by atomic mass is 16.5. The van der Waals surface area contributed by atoms with Crippen LogP contribution in [-0.4, -0.2) is 49.6 Å². The molecule has 7 nitrogen and oxygen atoms in total. The minimum Gasteiger partial charge on any atom is -0.494 e. The van der Waals surface area contributed by atoms with E-state index < -0.39 is 0 Å². The van der Waals surface area contributed by atoms with E-state index in [0.717, 1.165) is 65.9 Å². The fourth-order valence-electron chi connectivity index (χ4n) is 5.88. The number of aryl methyl sites for hydroxylation is 2. The van der Waals surface area contributed by atoms with Gasteiger partial charge < -0.3 is 18.8 Å². The minimum absolute atomic E-state index is 0.0962. The first-order chi connectivity index (χ1) is 16.1. The van der Waals surface area contributed by atoms with Gasteiger partial charge in [0.15, 0.2) is 5.82 Å². The molecule has 6 rings (SSSR count). The summed E-state index contributed by atoms with van der Waals surface area (Å²) in [6.45, 7) is 3.90. The zero-order valence-corrected chi connectivity index (χ0v) is 19.4. The standard InChI is InChI=1S/C26H29N5O2/c1-4-10-30-21(13-17-6-5-9-27-24(17)30)25-28-20-12-18(14-22(33-3)23(20)29(25)2)26(32)31-15-16-7-8-19(31)11-16/h5-6,9,12-14,16,19H,4,7-8,10-11,15H2,1-3H3/t16-,19+/m1/s1. The van der Waals surface area contributed by atoms with Gasteiger partial charge in [0, 0.05) is 43.3 Å². The highest BCUT2D eigenvalue weighted by Crippen LogP contribution is 2.39. The number of ether oxygens (including phenoxy) is 1. The number of aromatic nitrogens is 4. The van der Waals surface area contributed by atoms with Crippen LogP contribution in [0.1, 0.15) is 43.0 Å². The number of benzene rings is 1. The smallest absolute Gasteiger partial charge is 0.254 e. The molecule has 2 fully saturated rings. The van der Waals surface area contributed by atoms with Gasteiger partial charge in [-0.2, -0.15) is 0 Å². The molecule has 2 atom stereocenters. The van der Waals surface area contributed by atoms with E-state index in [-0.39, 0.29) is 5.91 Å².